The van der Waals surface area contributed by atoms with Crippen LogP contribution in [0.3, 0.4) is 0 Å². The molecule has 11 heteroatoms. The second kappa shape index (κ2) is 8.26. The molecule has 0 aliphatic carbocycles. The van der Waals surface area contributed by atoms with Crippen molar-refractivity contribution in [2.45, 2.75) is 25.1 Å². The molecule has 27 heavy (non-hydrogen) atoms. The maximum Gasteiger partial charge on any atom is 0.421 e. The first-order valence-corrected chi connectivity index (χ1v) is 8.86. The predicted molar refractivity (Wildman–Crippen MR) is 90.5 cm³/mol. The number of ether oxygens (including phenoxy) is 1. The highest BCUT2D eigenvalue weighted by Gasteiger charge is 2.36. The van der Waals surface area contributed by atoms with Gasteiger partial charge in [-0.1, -0.05) is 0 Å². The van der Waals surface area contributed by atoms with E-state index in [-0.39, 0.29) is 30.8 Å². The molecule has 0 spiro atoms. The molecule has 2 aliphatic heterocycles. The number of hydrogen-bond acceptors (Lipinski definition) is 6. The molecule has 2 aliphatic rings. The van der Waals surface area contributed by atoms with E-state index < -0.39 is 17.3 Å². The summed E-state index contributed by atoms with van der Waals surface area (Å²) in [7, 11) is 0. The van der Waals surface area contributed by atoms with E-state index in [9.17, 15) is 22.8 Å². The first-order chi connectivity index (χ1) is 12.9. The summed E-state index contributed by atoms with van der Waals surface area (Å²) >= 11 is 0. The molecule has 0 bridgehead atoms. The molecule has 8 nitrogen and oxygen atoms in total. The maximum absolute atomic E-state index is 13.0. The highest BCUT2D eigenvalue weighted by atomic mass is 19.4. The highest BCUT2D eigenvalue weighted by Crippen LogP contribution is 2.29. The number of anilines is 1. The third kappa shape index (κ3) is 4.78. The number of carbonyl (C=O) groups excluding carboxylic acids is 1. The second-order valence-corrected chi connectivity index (χ2v) is 6.56. The van der Waals surface area contributed by atoms with Crippen LogP contribution in [0.15, 0.2) is 10.9 Å². The Balaban J connectivity index is 1.70. The Bertz CT molecular complexity index is 718. The standard InChI is InChI=1S/C16H22F3N5O3/c17-16(18,19)12-9-13(21-22-15(12)26)24-7-8-27-10-11(24)1-2-14(25)23-5-3-20-4-6-23/h9,11,20H,1-8,10H2,(H,22,26)/t11-/m1/s1. The van der Waals surface area contributed by atoms with Crippen LogP contribution in [-0.4, -0.2) is 73.0 Å². The van der Waals surface area contributed by atoms with E-state index in [0.717, 1.165) is 19.2 Å². The van der Waals surface area contributed by atoms with Gasteiger partial charge in [0.25, 0.3) is 5.56 Å². The molecule has 0 aromatic carbocycles. The van der Waals surface area contributed by atoms with Crippen molar-refractivity contribution < 1.29 is 22.7 Å². The van der Waals surface area contributed by atoms with E-state index in [4.69, 9.17) is 4.74 Å². The van der Waals surface area contributed by atoms with Gasteiger partial charge >= 0.3 is 6.18 Å². The van der Waals surface area contributed by atoms with Gasteiger partial charge in [0.1, 0.15) is 11.4 Å². The lowest BCUT2D eigenvalue weighted by molar-refractivity contribution is -0.138. The Labute approximate surface area is 153 Å². The van der Waals surface area contributed by atoms with Crippen molar-refractivity contribution >= 4 is 11.7 Å². The van der Waals surface area contributed by atoms with Gasteiger partial charge in [-0.2, -0.15) is 18.3 Å². The van der Waals surface area contributed by atoms with Crippen molar-refractivity contribution in [1.29, 1.82) is 0 Å². The lowest BCUT2D eigenvalue weighted by atomic mass is 10.1. The number of nitrogens with one attached hydrogen (secondary N) is 2. The van der Waals surface area contributed by atoms with Gasteiger partial charge in [-0.3, -0.25) is 9.59 Å². The van der Waals surface area contributed by atoms with Crippen LogP contribution in [0.2, 0.25) is 0 Å². The highest BCUT2D eigenvalue weighted by molar-refractivity contribution is 5.76. The quantitative estimate of drug-likeness (QED) is 0.765. The zero-order valence-electron chi connectivity index (χ0n) is 14.7. The summed E-state index contributed by atoms with van der Waals surface area (Å²) in [5, 5.41) is 8.87. The van der Waals surface area contributed by atoms with Crippen molar-refractivity contribution in [3.8, 4) is 0 Å². The minimum atomic E-state index is -4.76. The minimum Gasteiger partial charge on any atom is -0.377 e. The fourth-order valence-electron chi connectivity index (χ4n) is 3.31. The summed E-state index contributed by atoms with van der Waals surface area (Å²) in [4.78, 5) is 27.2. The second-order valence-electron chi connectivity index (χ2n) is 6.56. The van der Waals surface area contributed by atoms with Crippen LogP contribution in [0.25, 0.3) is 0 Å². The number of rotatable bonds is 4. The van der Waals surface area contributed by atoms with Crippen LogP contribution in [0, 0.1) is 0 Å². The Morgan fingerprint density at radius 2 is 2.04 bits per heavy atom. The van der Waals surface area contributed by atoms with E-state index in [1.165, 1.54) is 0 Å². The number of nitrogens with zero attached hydrogens (tertiary/aromatic N) is 3. The molecular weight excluding hydrogens is 367 g/mol. The van der Waals surface area contributed by atoms with Gasteiger partial charge in [0, 0.05) is 45.2 Å². The lowest BCUT2D eigenvalue weighted by Crippen LogP contribution is -2.49. The number of carbonyl (C=O) groups is 1. The first-order valence-electron chi connectivity index (χ1n) is 8.86. The number of aromatic amines is 1. The van der Waals surface area contributed by atoms with E-state index in [0.29, 0.717) is 32.7 Å². The monoisotopic (exact) mass is 389 g/mol. The van der Waals surface area contributed by atoms with Crippen molar-refractivity contribution in [2.75, 3.05) is 50.8 Å². The predicted octanol–water partition coefficient (Wildman–Crippen LogP) is 0.206. The van der Waals surface area contributed by atoms with Crippen LogP contribution >= 0.6 is 0 Å². The average Bonchev–Trinajstić information content (AvgIpc) is 2.66. The van der Waals surface area contributed by atoms with Crippen LogP contribution in [-0.2, 0) is 15.7 Å². The largest absolute Gasteiger partial charge is 0.421 e. The molecule has 3 heterocycles. The van der Waals surface area contributed by atoms with Crippen LogP contribution in [0.4, 0.5) is 19.0 Å². The Morgan fingerprint density at radius 1 is 1.30 bits per heavy atom. The third-order valence-electron chi connectivity index (χ3n) is 4.78. The Kier molecular flexibility index (Phi) is 6.00. The molecule has 150 valence electrons. The van der Waals surface area contributed by atoms with Crippen molar-refractivity contribution in [3.63, 3.8) is 0 Å². The summed E-state index contributed by atoms with van der Waals surface area (Å²) in [6.45, 7) is 3.78. The number of hydrogen-bond donors (Lipinski definition) is 2. The van der Waals surface area contributed by atoms with Gasteiger partial charge in [-0.15, -0.1) is 0 Å². The zero-order valence-corrected chi connectivity index (χ0v) is 14.7. The number of halogens is 3. The molecule has 2 saturated heterocycles. The third-order valence-corrected chi connectivity index (χ3v) is 4.78. The number of piperazine rings is 1. The summed E-state index contributed by atoms with van der Waals surface area (Å²) in [6.07, 6.45) is -4.05. The number of H-pyrrole nitrogens is 1. The van der Waals surface area contributed by atoms with Crippen molar-refractivity contribution in [2.24, 2.45) is 0 Å². The number of aromatic nitrogens is 2. The van der Waals surface area contributed by atoms with Gasteiger partial charge < -0.3 is 19.9 Å². The molecule has 0 saturated carbocycles. The summed E-state index contributed by atoms with van der Waals surface area (Å²) in [6, 6.07) is 0.472. The topological polar surface area (TPSA) is 90.6 Å². The van der Waals surface area contributed by atoms with E-state index >= 15 is 0 Å². The molecule has 1 amide bonds. The van der Waals surface area contributed by atoms with E-state index in [1.54, 1.807) is 9.80 Å². The average molecular weight is 389 g/mol. The van der Waals surface area contributed by atoms with Gasteiger partial charge in [0.15, 0.2) is 0 Å². The summed E-state index contributed by atoms with van der Waals surface area (Å²) in [5.74, 6) is 0.0530. The van der Waals surface area contributed by atoms with Gasteiger partial charge in [-0.05, 0) is 6.42 Å². The van der Waals surface area contributed by atoms with E-state index in [1.807, 2.05) is 5.10 Å². The molecule has 0 radical (unpaired) electrons. The molecule has 1 aromatic rings. The zero-order chi connectivity index (χ0) is 19.4. The SMILES string of the molecule is O=C(CC[C@@H]1COCCN1c1cc(C(F)(F)F)c(=O)[nH]n1)N1CCNCC1. The number of alkyl halides is 3. The molecule has 0 unspecified atom stereocenters. The minimum absolute atomic E-state index is 0.0208. The fraction of sp³-hybridized carbons (Fsp3) is 0.688. The van der Waals surface area contributed by atoms with E-state index in [2.05, 4.69) is 10.4 Å². The lowest BCUT2D eigenvalue weighted by Gasteiger charge is -2.37. The van der Waals surface area contributed by atoms with Crippen LogP contribution in [0.5, 0.6) is 0 Å². The normalized spacial score (nSPS) is 21.4. The Morgan fingerprint density at radius 3 is 2.74 bits per heavy atom. The first kappa shape index (κ1) is 19.6. The van der Waals surface area contributed by atoms with Crippen molar-refractivity contribution in [3.05, 3.63) is 22.0 Å². The molecular formula is C16H22F3N5O3. The Hall–Kier alpha value is -2.14. The maximum atomic E-state index is 13.0. The number of morpholine rings is 1. The summed E-state index contributed by atoms with van der Waals surface area (Å²) < 4.78 is 44.5. The fourth-order valence-corrected chi connectivity index (χ4v) is 3.31. The number of amides is 1. The molecule has 2 fully saturated rings. The summed E-state index contributed by atoms with van der Waals surface area (Å²) in [5.41, 5.74) is -2.56. The van der Waals surface area contributed by atoms with Gasteiger partial charge in [0.05, 0.1) is 19.3 Å². The van der Waals surface area contributed by atoms with Crippen LogP contribution < -0.4 is 15.8 Å². The van der Waals surface area contributed by atoms with Crippen molar-refractivity contribution in [1.82, 2.24) is 20.4 Å². The molecule has 1 aromatic heterocycles. The molecule has 1 atom stereocenters. The molecule has 3 rings (SSSR count). The van der Waals surface area contributed by atoms with Crippen LogP contribution in [0.1, 0.15) is 18.4 Å². The smallest absolute Gasteiger partial charge is 0.377 e. The van der Waals surface area contributed by atoms with Gasteiger partial charge in [-0.25, -0.2) is 5.10 Å². The van der Waals surface area contributed by atoms with Gasteiger partial charge in [0.2, 0.25) is 5.91 Å². The molecule has 2 N–H and O–H groups in total.